The number of ether oxygens (including phenoxy) is 3. The monoisotopic (exact) mass is 369 g/mol. The Morgan fingerprint density at radius 3 is 2.58 bits per heavy atom. The van der Waals surface area contributed by atoms with Crippen LogP contribution < -0.4 is 14.8 Å². The summed E-state index contributed by atoms with van der Waals surface area (Å²) in [6, 6.07) is 4.89. The first-order valence-electron chi connectivity index (χ1n) is 6.91. The molecular weight excluding hydrogens is 354 g/mol. The summed E-state index contributed by atoms with van der Waals surface area (Å²) in [6.45, 7) is -0.393. The summed E-state index contributed by atoms with van der Waals surface area (Å²) in [5, 5.41) is 6.63. The topological polar surface area (TPSA) is 73.9 Å². The van der Waals surface area contributed by atoms with Crippen LogP contribution in [0.4, 0.5) is 5.69 Å². The average Bonchev–Trinajstić information content (AvgIpc) is 3.06. The van der Waals surface area contributed by atoms with Gasteiger partial charge in [-0.1, -0.05) is 11.6 Å². The highest BCUT2D eigenvalue weighted by Crippen LogP contribution is 2.35. The lowest BCUT2D eigenvalue weighted by atomic mass is 10.2. The molecule has 0 saturated heterocycles. The number of methoxy groups -OCH3 is 2. The van der Waals surface area contributed by atoms with Crippen molar-refractivity contribution in [2.75, 3.05) is 26.1 Å². The molecular formula is C16H16ClNO5S. The smallest absolute Gasteiger partial charge is 0.310 e. The van der Waals surface area contributed by atoms with Crippen molar-refractivity contribution >= 4 is 40.5 Å². The zero-order valence-electron chi connectivity index (χ0n) is 13.1. The lowest BCUT2D eigenvalue weighted by Crippen LogP contribution is -2.21. The van der Waals surface area contributed by atoms with Gasteiger partial charge in [-0.05, 0) is 28.5 Å². The van der Waals surface area contributed by atoms with Gasteiger partial charge in [-0.15, -0.1) is 0 Å². The fourth-order valence-electron chi connectivity index (χ4n) is 1.90. The number of hydrogen-bond donors (Lipinski definition) is 1. The number of benzene rings is 1. The molecule has 8 heteroatoms. The van der Waals surface area contributed by atoms with E-state index in [0.29, 0.717) is 22.2 Å². The molecule has 1 heterocycles. The number of anilines is 1. The maximum absolute atomic E-state index is 11.9. The van der Waals surface area contributed by atoms with Gasteiger partial charge in [0.25, 0.3) is 5.91 Å². The van der Waals surface area contributed by atoms with Crippen molar-refractivity contribution < 1.29 is 23.8 Å². The lowest BCUT2D eigenvalue weighted by Gasteiger charge is -2.13. The van der Waals surface area contributed by atoms with Gasteiger partial charge < -0.3 is 19.5 Å². The first-order valence-corrected chi connectivity index (χ1v) is 8.23. The van der Waals surface area contributed by atoms with E-state index in [1.54, 1.807) is 6.07 Å². The minimum atomic E-state index is -0.492. The summed E-state index contributed by atoms with van der Waals surface area (Å²) < 4.78 is 15.2. The predicted molar refractivity (Wildman–Crippen MR) is 92.2 cm³/mol. The van der Waals surface area contributed by atoms with Crippen LogP contribution in [0.1, 0.15) is 5.56 Å². The van der Waals surface area contributed by atoms with Gasteiger partial charge in [0.2, 0.25) is 0 Å². The normalized spacial score (nSPS) is 10.1. The largest absolute Gasteiger partial charge is 0.495 e. The zero-order chi connectivity index (χ0) is 17.5. The van der Waals surface area contributed by atoms with Crippen molar-refractivity contribution in [3.05, 3.63) is 39.5 Å². The number of hydrogen-bond acceptors (Lipinski definition) is 6. The maximum Gasteiger partial charge on any atom is 0.310 e. The Labute approximate surface area is 148 Å². The summed E-state index contributed by atoms with van der Waals surface area (Å²) in [5.74, 6) is -0.153. The molecule has 0 fully saturated rings. The third-order valence-electron chi connectivity index (χ3n) is 3.04. The Hall–Kier alpha value is -2.25. The number of carbonyl (C=O) groups is 2. The highest BCUT2D eigenvalue weighted by molar-refractivity contribution is 7.08. The van der Waals surface area contributed by atoms with Crippen molar-refractivity contribution in [2.45, 2.75) is 6.42 Å². The fourth-order valence-corrected chi connectivity index (χ4v) is 2.81. The van der Waals surface area contributed by atoms with Crippen LogP contribution in [-0.2, 0) is 20.7 Å². The first kappa shape index (κ1) is 18.1. The van der Waals surface area contributed by atoms with Gasteiger partial charge in [-0.3, -0.25) is 9.59 Å². The molecule has 24 heavy (non-hydrogen) atoms. The van der Waals surface area contributed by atoms with Crippen molar-refractivity contribution in [1.82, 2.24) is 0 Å². The number of halogens is 1. The second-order valence-electron chi connectivity index (χ2n) is 4.70. The molecule has 1 N–H and O–H groups in total. The molecule has 0 aliphatic rings. The highest BCUT2D eigenvalue weighted by Gasteiger charge is 2.14. The number of thiophene rings is 1. The van der Waals surface area contributed by atoms with Crippen LogP contribution in [0.5, 0.6) is 11.5 Å². The average molecular weight is 370 g/mol. The van der Waals surface area contributed by atoms with Crippen LogP contribution in [0.25, 0.3) is 0 Å². The van der Waals surface area contributed by atoms with E-state index in [-0.39, 0.29) is 6.42 Å². The Morgan fingerprint density at radius 2 is 1.96 bits per heavy atom. The predicted octanol–water partition coefficient (Wildman–Crippen LogP) is 3.14. The van der Waals surface area contributed by atoms with Crippen molar-refractivity contribution in [3.63, 3.8) is 0 Å². The minimum absolute atomic E-state index is 0.133. The van der Waals surface area contributed by atoms with E-state index in [9.17, 15) is 9.59 Å². The SMILES string of the molecule is COc1cc(OC)c(NC(=O)COC(=O)Cc2ccsc2)cc1Cl. The van der Waals surface area contributed by atoms with Crippen LogP contribution in [0.2, 0.25) is 5.02 Å². The molecule has 0 aliphatic carbocycles. The number of esters is 1. The molecule has 2 rings (SSSR count). The molecule has 0 bridgehead atoms. The summed E-state index contributed by atoms with van der Waals surface area (Å²) in [7, 11) is 2.94. The van der Waals surface area contributed by atoms with Crippen LogP contribution in [0.3, 0.4) is 0 Å². The summed E-state index contributed by atoms with van der Waals surface area (Å²) in [4.78, 5) is 23.6. The molecule has 0 radical (unpaired) electrons. The fraction of sp³-hybridized carbons (Fsp3) is 0.250. The molecule has 1 amide bonds. The minimum Gasteiger partial charge on any atom is -0.495 e. The third kappa shape index (κ3) is 4.87. The lowest BCUT2D eigenvalue weighted by molar-refractivity contribution is -0.146. The molecule has 0 aliphatic heterocycles. The first-order chi connectivity index (χ1) is 11.5. The summed E-state index contributed by atoms with van der Waals surface area (Å²) in [6.07, 6.45) is 0.133. The van der Waals surface area contributed by atoms with E-state index >= 15 is 0 Å². The van der Waals surface area contributed by atoms with Crippen LogP contribution >= 0.6 is 22.9 Å². The molecule has 1 aromatic carbocycles. The van der Waals surface area contributed by atoms with E-state index in [4.69, 9.17) is 25.8 Å². The van der Waals surface area contributed by atoms with Gasteiger partial charge in [0.15, 0.2) is 6.61 Å². The molecule has 6 nitrogen and oxygen atoms in total. The quantitative estimate of drug-likeness (QED) is 0.759. The van der Waals surface area contributed by atoms with E-state index in [1.165, 1.54) is 31.6 Å². The molecule has 0 spiro atoms. The van der Waals surface area contributed by atoms with Crippen molar-refractivity contribution in [2.24, 2.45) is 0 Å². The van der Waals surface area contributed by atoms with Crippen LogP contribution in [-0.4, -0.2) is 32.7 Å². The molecule has 128 valence electrons. The second kappa shape index (κ2) is 8.56. The zero-order valence-corrected chi connectivity index (χ0v) is 14.7. The van der Waals surface area contributed by atoms with Crippen LogP contribution in [0, 0.1) is 0 Å². The molecule has 0 saturated carbocycles. The van der Waals surface area contributed by atoms with E-state index < -0.39 is 18.5 Å². The Balaban J connectivity index is 1.92. The maximum atomic E-state index is 11.9. The van der Waals surface area contributed by atoms with E-state index in [1.807, 2.05) is 16.8 Å². The molecule has 0 unspecified atom stereocenters. The van der Waals surface area contributed by atoms with Gasteiger partial charge in [-0.25, -0.2) is 0 Å². The van der Waals surface area contributed by atoms with Gasteiger partial charge in [-0.2, -0.15) is 11.3 Å². The molecule has 2 aromatic rings. The summed E-state index contributed by atoms with van der Waals surface area (Å²) in [5.41, 5.74) is 1.22. The van der Waals surface area contributed by atoms with Crippen LogP contribution in [0.15, 0.2) is 29.0 Å². The van der Waals surface area contributed by atoms with Gasteiger partial charge in [0.05, 0.1) is 31.4 Å². The van der Waals surface area contributed by atoms with Gasteiger partial charge in [0.1, 0.15) is 11.5 Å². The van der Waals surface area contributed by atoms with E-state index in [2.05, 4.69) is 5.32 Å². The van der Waals surface area contributed by atoms with Crippen molar-refractivity contribution in [1.29, 1.82) is 0 Å². The van der Waals surface area contributed by atoms with Gasteiger partial charge in [0, 0.05) is 6.07 Å². The standard InChI is InChI=1S/C16H16ClNO5S/c1-21-13-7-14(22-2)12(6-11(13)17)18-15(19)8-23-16(20)5-10-3-4-24-9-10/h3-4,6-7,9H,5,8H2,1-2H3,(H,18,19). The Morgan fingerprint density at radius 1 is 1.21 bits per heavy atom. The number of carbonyl (C=O) groups excluding carboxylic acids is 2. The second-order valence-corrected chi connectivity index (χ2v) is 5.89. The Bertz CT molecular complexity index is 718. The molecule has 1 aromatic heterocycles. The highest BCUT2D eigenvalue weighted by atomic mass is 35.5. The van der Waals surface area contributed by atoms with Gasteiger partial charge >= 0.3 is 5.97 Å². The Kier molecular flexibility index (Phi) is 6.45. The van der Waals surface area contributed by atoms with Crippen molar-refractivity contribution in [3.8, 4) is 11.5 Å². The number of nitrogens with one attached hydrogen (secondary N) is 1. The number of rotatable bonds is 7. The number of amides is 1. The summed E-state index contributed by atoms with van der Waals surface area (Å²) >= 11 is 7.53. The van der Waals surface area contributed by atoms with E-state index in [0.717, 1.165) is 5.56 Å². The molecule has 0 atom stereocenters. The third-order valence-corrected chi connectivity index (χ3v) is 4.07.